The van der Waals surface area contributed by atoms with Crippen LogP contribution < -0.4 is 5.32 Å². The monoisotopic (exact) mass is 289 g/mol. The molecule has 2 aliphatic rings. The Labute approximate surface area is 118 Å². The van der Waals surface area contributed by atoms with Crippen LogP contribution in [0.15, 0.2) is 0 Å². The minimum absolute atomic E-state index is 0.137. The van der Waals surface area contributed by atoms with E-state index >= 15 is 0 Å². The Balaban J connectivity index is 1.98. The SMILES string of the molecule is CCCN(CC(F)(F)F)C1CCC(C#N)(NC2CC2)C1. The zero-order valence-corrected chi connectivity index (χ0v) is 11.8. The third-order valence-electron chi connectivity index (χ3n) is 4.17. The highest BCUT2D eigenvalue weighted by Gasteiger charge is 2.45. The molecule has 114 valence electrons. The number of nitrogens with zero attached hydrogens (tertiary/aromatic N) is 2. The van der Waals surface area contributed by atoms with Crippen molar-refractivity contribution >= 4 is 0 Å². The molecular formula is C14H22F3N3. The van der Waals surface area contributed by atoms with Gasteiger partial charge in [0.25, 0.3) is 0 Å². The summed E-state index contributed by atoms with van der Waals surface area (Å²) < 4.78 is 38.0. The third-order valence-corrected chi connectivity index (χ3v) is 4.17. The van der Waals surface area contributed by atoms with Crippen molar-refractivity contribution in [1.29, 1.82) is 5.26 Å². The standard InChI is InChI=1S/C14H22F3N3/c1-2-7-20(10-14(15,16)17)12-5-6-13(8-12,9-18)19-11-3-4-11/h11-12,19H,2-8,10H2,1H3. The summed E-state index contributed by atoms with van der Waals surface area (Å²) in [4.78, 5) is 1.51. The van der Waals surface area contributed by atoms with Gasteiger partial charge in [-0.2, -0.15) is 18.4 Å². The lowest BCUT2D eigenvalue weighted by Gasteiger charge is -2.30. The van der Waals surface area contributed by atoms with E-state index in [4.69, 9.17) is 0 Å². The topological polar surface area (TPSA) is 39.1 Å². The van der Waals surface area contributed by atoms with Gasteiger partial charge in [-0.15, -0.1) is 0 Å². The maximum Gasteiger partial charge on any atom is 0.401 e. The molecule has 0 amide bonds. The predicted octanol–water partition coefficient (Wildman–Crippen LogP) is 2.83. The van der Waals surface area contributed by atoms with Gasteiger partial charge in [0.15, 0.2) is 0 Å². The molecule has 6 heteroatoms. The van der Waals surface area contributed by atoms with E-state index in [1.165, 1.54) is 4.90 Å². The maximum absolute atomic E-state index is 12.7. The van der Waals surface area contributed by atoms with Gasteiger partial charge >= 0.3 is 6.18 Å². The van der Waals surface area contributed by atoms with Crippen molar-refractivity contribution in [3.05, 3.63) is 0 Å². The first-order valence-electron chi connectivity index (χ1n) is 7.37. The third kappa shape index (κ3) is 4.10. The lowest BCUT2D eigenvalue weighted by atomic mass is 9.99. The van der Waals surface area contributed by atoms with Crippen LogP contribution in [0.3, 0.4) is 0 Å². The summed E-state index contributed by atoms with van der Waals surface area (Å²) in [5.74, 6) is 0. The average Bonchev–Trinajstić information content (AvgIpc) is 3.05. The minimum atomic E-state index is -4.17. The summed E-state index contributed by atoms with van der Waals surface area (Å²) in [7, 11) is 0. The molecule has 0 spiro atoms. The Morgan fingerprint density at radius 3 is 2.55 bits per heavy atom. The van der Waals surface area contributed by atoms with Gasteiger partial charge in [0.05, 0.1) is 12.6 Å². The minimum Gasteiger partial charge on any atom is -0.297 e. The predicted molar refractivity (Wildman–Crippen MR) is 70.1 cm³/mol. The molecule has 2 fully saturated rings. The summed E-state index contributed by atoms with van der Waals surface area (Å²) in [6, 6.07) is 2.58. The van der Waals surface area contributed by atoms with Crippen molar-refractivity contribution in [2.75, 3.05) is 13.1 Å². The summed E-state index contributed by atoms with van der Waals surface area (Å²) >= 11 is 0. The van der Waals surface area contributed by atoms with Crippen LogP contribution in [-0.4, -0.2) is 41.8 Å². The van der Waals surface area contributed by atoms with Crippen molar-refractivity contribution in [1.82, 2.24) is 10.2 Å². The normalized spacial score (nSPS) is 30.7. The number of halogens is 3. The molecule has 0 aliphatic heterocycles. The molecule has 0 radical (unpaired) electrons. The van der Waals surface area contributed by atoms with Crippen LogP contribution in [0.5, 0.6) is 0 Å². The molecule has 2 unspecified atom stereocenters. The van der Waals surface area contributed by atoms with Gasteiger partial charge in [0.2, 0.25) is 0 Å². The van der Waals surface area contributed by atoms with E-state index in [-0.39, 0.29) is 6.04 Å². The molecular weight excluding hydrogens is 267 g/mol. The Hall–Kier alpha value is -0.800. The van der Waals surface area contributed by atoms with E-state index in [2.05, 4.69) is 11.4 Å². The van der Waals surface area contributed by atoms with Gasteiger partial charge < -0.3 is 0 Å². The molecule has 2 saturated carbocycles. The fraction of sp³-hybridized carbons (Fsp3) is 0.929. The second-order valence-electron chi connectivity index (χ2n) is 6.09. The molecule has 2 rings (SSSR count). The maximum atomic E-state index is 12.7. The number of rotatable bonds is 6. The van der Waals surface area contributed by atoms with Crippen molar-refractivity contribution in [3.8, 4) is 6.07 Å². The summed E-state index contributed by atoms with van der Waals surface area (Å²) in [5, 5.41) is 12.7. The second-order valence-corrected chi connectivity index (χ2v) is 6.09. The first-order chi connectivity index (χ1) is 9.37. The van der Waals surface area contributed by atoms with Crippen molar-refractivity contribution in [3.63, 3.8) is 0 Å². The summed E-state index contributed by atoms with van der Waals surface area (Å²) in [6.45, 7) is 1.46. The van der Waals surface area contributed by atoms with Crippen LogP contribution in [0.25, 0.3) is 0 Å². The van der Waals surface area contributed by atoms with Crippen molar-refractivity contribution in [2.24, 2.45) is 0 Å². The molecule has 0 heterocycles. The van der Waals surface area contributed by atoms with E-state index in [9.17, 15) is 18.4 Å². The molecule has 0 saturated heterocycles. The summed E-state index contributed by atoms with van der Waals surface area (Å²) in [5.41, 5.74) is -0.608. The molecule has 0 aromatic rings. The molecule has 0 bridgehead atoms. The van der Waals surface area contributed by atoms with Gasteiger partial charge in [0, 0.05) is 12.1 Å². The Morgan fingerprint density at radius 1 is 1.35 bits per heavy atom. The van der Waals surface area contributed by atoms with Crippen LogP contribution in [0, 0.1) is 11.3 Å². The average molecular weight is 289 g/mol. The Kier molecular flexibility index (Phi) is 4.60. The van der Waals surface area contributed by atoms with E-state index in [1.807, 2.05) is 6.92 Å². The van der Waals surface area contributed by atoms with Crippen molar-refractivity contribution in [2.45, 2.75) is 69.2 Å². The Morgan fingerprint density at radius 2 is 2.05 bits per heavy atom. The first kappa shape index (κ1) is 15.6. The molecule has 0 aromatic carbocycles. The largest absolute Gasteiger partial charge is 0.401 e. The van der Waals surface area contributed by atoms with Crippen molar-refractivity contribution < 1.29 is 13.2 Å². The highest BCUT2D eigenvalue weighted by molar-refractivity contribution is 5.15. The Bertz CT molecular complexity index is 373. The van der Waals surface area contributed by atoms with Gasteiger partial charge in [-0.1, -0.05) is 6.92 Å². The number of alkyl halides is 3. The first-order valence-corrected chi connectivity index (χ1v) is 7.37. The number of nitrogens with one attached hydrogen (secondary N) is 1. The van der Waals surface area contributed by atoms with Gasteiger partial charge in [0.1, 0.15) is 5.54 Å². The van der Waals surface area contributed by atoms with E-state index < -0.39 is 18.3 Å². The van der Waals surface area contributed by atoms with E-state index in [0.717, 1.165) is 12.8 Å². The summed E-state index contributed by atoms with van der Waals surface area (Å²) in [6.07, 6.45) is 0.520. The van der Waals surface area contributed by atoms with Crippen LogP contribution >= 0.6 is 0 Å². The van der Waals surface area contributed by atoms with E-state index in [1.54, 1.807) is 0 Å². The fourth-order valence-corrected chi connectivity index (χ4v) is 3.12. The van der Waals surface area contributed by atoms with Crippen LogP contribution in [0.4, 0.5) is 13.2 Å². The van der Waals surface area contributed by atoms with Gasteiger partial charge in [-0.3, -0.25) is 10.2 Å². The molecule has 20 heavy (non-hydrogen) atoms. The fourth-order valence-electron chi connectivity index (χ4n) is 3.12. The zero-order valence-electron chi connectivity index (χ0n) is 11.8. The molecule has 3 nitrogen and oxygen atoms in total. The van der Waals surface area contributed by atoms with Crippen LogP contribution in [0.2, 0.25) is 0 Å². The smallest absolute Gasteiger partial charge is 0.297 e. The number of nitriles is 1. The zero-order chi connectivity index (χ0) is 14.8. The number of hydrogen-bond acceptors (Lipinski definition) is 3. The molecule has 0 aromatic heterocycles. The van der Waals surface area contributed by atoms with Gasteiger partial charge in [-0.05, 0) is 45.1 Å². The van der Waals surface area contributed by atoms with Gasteiger partial charge in [-0.25, -0.2) is 0 Å². The van der Waals surface area contributed by atoms with Crippen LogP contribution in [0.1, 0.15) is 45.4 Å². The second kappa shape index (κ2) is 5.90. The number of hydrogen-bond donors (Lipinski definition) is 1. The highest BCUT2D eigenvalue weighted by atomic mass is 19.4. The van der Waals surface area contributed by atoms with E-state index in [0.29, 0.717) is 38.3 Å². The van der Waals surface area contributed by atoms with Crippen LogP contribution in [-0.2, 0) is 0 Å². The molecule has 2 aliphatic carbocycles. The highest BCUT2D eigenvalue weighted by Crippen LogP contribution is 2.36. The lowest BCUT2D eigenvalue weighted by molar-refractivity contribution is -0.150. The lowest BCUT2D eigenvalue weighted by Crippen LogP contribution is -2.46. The quantitative estimate of drug-likeness (QED) is 0.817. The molecule has 2 atom stereocenters. The molecule has 1 N–H and O–H groups in total.